The zero-order valence-electron chi connectivity index (χ0n) is 25.3. The van der Waals surface area contributed by atoms with Gasteiger partial charge in [-0.25, -0.2) is 28.5 Å². The van der Waals surface area contributed by atoms with Gasteiger partial charge in [0.25, 0.3) is 6.43 Å². The molecule has 0 radical (unpaired) electrons. The first-order valence-corrected chi connectivity index (χ1v) is 15.1. The predicted octanol–water partition coefficient (Wildman–Crippen LogP) is 4.71. The summed E-state index contributed by atoms with van der Waals surface area (Å²) < 4.78 is 51.2. The van der Waals surface area contributed by atoms with Gasteiger partial charge in [0.2, 0.25) is 5.88 Å². The molecule has 4 aromatic rings. The van der Waals surface area contributed by atoms with E-state index in [1.54, 1.807) is 30.5 Å². The number of aromatic nitrogens is 3. The van der Waals surface area contributed by atoms with Crippen molar-refractivity contribution in [2.24, 2.45) is 0 Å². The summed E-state index contributed by atoms with van der Waals surface area (Å²) in [5.74, 6) is -1.31. The highest BCUT2D eigenvalue weighted by Gasteiger charge is 2.50. The number of nitrogens with zero attached hydrogens (tertiary/aromatic N) is 6. The monoisotopic (exact) mass is 644 g/mol. The predicted molar refractivity (Wildman–Crippen MR) is 163 cm³/mol. The van der Waals surface area contributed by atoms with Crippen LogP contribution >= 0.6 is 0 Å². The number of nitriles is 1. The number of morpholine rings is 1. The number of rotatable bonds is 8. The van der Waals surface area contributed by atoms with Crippen LogP contribution < -0.4 is 14.5 Å². The Labute approximate surface area is 268 Å². The molecule has 3 saturated heterocycles. The highest BCUT2D eigenvalue weighted by Crippen LogP contribution is 2.41. The van der Waals surface area contributed by atoms with Crippen molar-refractivity contribution in [2.45, 2.75) is 43.6 Å². The number of carboxylic acid groups (broad SMARTS) is 1. The molecule has 0 bridgehead atoms. The van der Waals surface area contributed by atoms with Crippen LogP contribution in [0.5, 0.6) is 5.88 Å². The lowest BCUT2D eigenvalue weighted by molar-refractivity contribution is -0.228. The molecule has 12 nitrogen and oxygen atoms in total. The molecule has 1 aromatic carbocycles. The lowest BCUT2D eigenvalue weighted by Gasteiger charge is -2.53. The number of hydrogen-bond acceptors (Lipinski definition) is 11. The van der Waals surface area contributed by atoms with Crippen LogP contribution in [-0.4, -0.2) is 82.7 Å². The first kappa shape index (κ1) is 30.5. The summed E-state index contributed by atoms with van der Waals surface area (Å²) >= 11 is 0. The van der Waals surface area contributed by atoms with Gasteiger partial charge in [0.1, 0.15) is 34.9 Å². The van der Waals surface area contributed by atoms with Crippen LogP contribution in [0, 0.1) is 11.3 Å². The number of halogens is 2. The van der Waals surface area contributed by atoms with Crippen molar-refractivity contribution in [2.75, 3.05) is 42.7 Å². The highest BCUT2D eigenvalue weighted by molar-refractivity contribution is 5.79. The van der Waals surface area contributed by atoms with Crippen molar-refractivity contribution >= 4 is 17.5 Å². The van der Waals surface area contributed by atoms with Gasteiger partial charge in [0.05, 0.1) is 50.3 Å². The van der Waals surface area contributed by atoms with Crippen LogP contribution in [0.2, 0.25) is 0 Å². The SMILES string of the molecule is C[C@@H]1N(c2cc(-c3ccc(C#N)cc3)cnc2O[C@H]2C[C@@H](C(=O)O)N(c3cc(-c4ccco4)nc(C(F)F)n3)C2)CCOC12COC2. The third-order valence-corrected chi connectivity index (χ3v) is 8.95. The van der Waals surface area contributed by atoms with Crippen molar-refractivity contribution in [3.8, 4) is 34.5 Å². The van der Waals surface area contributed by atoms with E-state index in [1.807, 2.05) is 18.2 Å². The van der Waals surface area contributed by atoms with Crippen LogP contribution in [0.3, 0.4) is 0 Å². The Morgan fingerprint density at radius 3 is 2.62 bits per heavy atom. The lowest BCUT2D eigenvalue weighted by atomic mass is 9.90. The zero-order chi connectivity index (χ0) is 32.7. The van der Waals surface area contributed by atoms with Gasteiger partial charge >= 0.3 is 5.97 Å². The van der Waals surface area contributed by atoms with Crippen molar-refractivity contribution < 1.29 is 37.3 Å². The second-order valence-corrected chi connectivity index (χ2v) is 11.7. The first-order valence-electron chi connectivity index (χ1n) is 15.1. The molecule has 3 aromatic heterocycles. The number of furan rings is 1. The lowest BCUT2D eigenvalue weighted by Crippen LogP contribution is -2.68. The number of alkyl halides is 2. The van der Waals surface area contributed by atoms with E-state index in [0.29, 0.717) is 43.5 Å². The number of carboxylic acids is 1. The molecule has 3 atom stereocenters. The maximum Gasteiger partial charge on any atom is 0.326 e. The van der Waals surface area contributed by atoms with Crippen molar-refractivity contribution in [1.82, 2.24) is 15.0 Å². The Morgan fingerprint density at radius 2 is 1.96 bits per heavy atom. The zero-order valence-corrected chi connectivity index (χ0v) is 25.3. The maximum atomic E-state index is 13.8. The average Bonchev–Trinajstić information content (AvgIpc) is 3.76. The Kier molecular flexibility index (Phi) is 7.94. The van der Waals surface area contributed by atoms with E-state index in [2.05, 4.69) is 27.9 Å². The van der Waals surface area contributed by atoms with Crippen LogP contribution in [-0.2, 0) is 14.3 Å². The third kappa shape index (κ3) is 5.72. The molecule has 14 heteroatoms. The molecule has 47 heavy (non-hydrogen) atoms. The summed E-state index contributed by atoms with van der Waals surface area (Å²) in [6.45, 7) is 4.04. The van der Waals surface area contributed by atoms with E-state index >= 15 is 0 Å². The van der Waals surface area contributed by atoms with Crippen molar-refractivity contribution in [1.29, 1.82) is 5.26 Å². The molecule has 6 heterocycles. The molecule has 0 aliphatic carbocycles. The van der Waals surface area contributed by atoms with Crippen LogP contribution in [0.1, 0.15) is 31.2 Å². The second-order valence-electron chi connectivity index (χ2n) is 11.7. The molecule has 1 spiro atoms. The number of anilines is 2. The first-order chi connectivity index (χ1) is 22.7. The molecule has 0 saturated carbocycles. The summed E-state index contributed by atoms with van der Waals surface area (Å²) in [6.07, 6.45) is -0.538. The normalized spacial score (nSPS) is 21.9. The summed E-state index contributed by atoms with van der Waals surface area (Å²) in [5.41, 5.74) is 2.53. The summed E-state index contributed by atoms with van der Waals surface area (Å²) in [5, 5.41) is 19.4. The van der Waals surface area contributed by atoms with Gasteiger partial charge in [-0.1, -0.05) is 12.1 Å². The molecular formula is C33H30F2N6O6. The largest absolute Gasteiger partial charge is 0.480 e. The fourth-order valence-corrected chi connectivity index (χ4v) is 6.31. The Bertz CT molecular complexity index is 1810. The van der Waals surface area contributed by atoms with Gasteiger partial charge in [-0.05, 0) is 42.8 Å². The molecule has 1 N–H and O–H groups in total. The minimum atomic E-state index is -2.98. The Balaban J connectivity index is 1.22. The standard InChI is InChI=1S/C33H30F2N6O6/c1-19-33(17-44-18-33)46-10-8-40(19)25-11-22(21-6-4-20(14-36)5-7-21)15-37-31(25)47-23-12-26(32(42)43)41(16-23)28-13-24(27-3-2-9-45-27)38-30(39-28)29(34)35/h2-7,9,11,13,15,19,23,26,29H,8,10,12,16-18H2,1H3,(H,42,43)/t19-,23-,26-/m0/s1. The van der Waals surface area contributed by atoms with E-state index in [1.165, 1.54) is 17.2 Å². The van der Waals surface area contributed by atoms with Gasteiger partial charge < -0.3 is 33.5 Å². The van der Waals surface area contributed by atoms with Crippen molar-refractivity contribution in [3.63, 3.8) is 0 Å². The maximum absolute atomic E-state index is 13.8. The number of ether oxygens (including phenoxy) is 3. The minimum Gasteiger partial charge on any atom is -0.480 e. The van der Waals surface area contributed by atoms with Crippen LogP contribution in [0.4, 0.5) is 20.3 Å². The van der Waals surface area contributed by atoms with Crippen LogP contribution in [0.25, 0.3) is 22.6 Å². The smallest absolute Gasteiger partial charge is 0.326 e. The highest BCUT2D eigenvalue weighted by atomic mass is 19.3. The van der Waals surface area contributed by atoms with Gasteiger partial charge in [-0.2, -0.15) is 5.26 Å². The van der Waals surface area contributed by atoms with E-state index in [0.717, 1.165) is 11.1 Å². The fraction of sp³-hybridized carbons (Fsp3) is 0.364. The fourth-order valence-electron chi connectivity index (χ4n) is 6.31. The second kappa shape index (κ2) is 12.2. The number of hydrogen-bond donors (Lipinski definition) is 1. The van der Waals surface area contributed by atoms with Crippen molar-refractivity contribution in [3.05, 3.63) is 72.4 Å². The van der Waals surface area contributed by atoms with Gasteiger partial charge in [-0.15, -0.1) is 0 Å². The molecule has 7 rings (SSSR count). The van der Waals surface area contributed by atoms with E-state index in [4.69, 9.17) is 23.6 Å². The van der Waals surface area contributed by atoms with E-state index in [9.17, 15) is 23.9 Å². The molecular weight excluding hydrogens is 614 g/mol. The number of aliphatic carboxylic acids is 1. The molecule has 3 fully saturated rings. The molecule has 0 unspecified atom stereocenters. The Morgan fingerprint density at radius 1 is 1.15 bits per heavy atom. The van der Waals surface area contributed by atoms with Gasteiger partial charge in [-0.3, -0.25) is 0 Å². The van der Waals surface area contributed by atoms with Crippen LogP contribution in [0.15, 0.2) is 65.4 Å². The Hall–Kier alpha value is -5.13. The molecule has 0 amide bonds. The average molecular weight is 645 g/mol. The number of carbonyl (C=O) groups is 1. The van der Waals surface area contributed by atoms with E-state index < -0.39 is 36.0 Å². The third-order valence-electron chi connectivity index (χ3n) is 8.95. The van der Waals surface area contributed by atoms with Gasteiger partial charge in [0.15, 0.2) is 11.6 Å². The minimum absolute atomic E-state index is 0.0262. The van der Waals surface area contributed by atoms with E-state index in [-0.39, 0.29) is 36.3 Å². The summed E-state index contributed by atoms with van der Waals surface area (Å²) in [4.78, 5) is 28.7. The molecule has 3 aliphatic rings. The number of pyridine rings is 1. The molecule has 242 valence electrons. The summed E-state index contributed by atoms with van der Waals surface area (Å²) in [7, 11) is 0. The topological polar surface area (TPSA) is 147 Å². The summed E-state index contributed by atoms with van der Waals surface area (Å²) in [6, 6.07) is 14.7. The quantitative estimate of drug-likeness (QED) is 0.283. The molecule has 3 aliphatic heterocycles. The number of benzene rings is 1. The van der Waals surface area contributed by atoms with Gasteiger partial charge in [0, 0.05) is 30.8 Å².